The van der Waals surface area contributed by atoms with Crippen molar-refractivity contribution >= 4 is 41.3 Å². The Bertz CT molecular complexity index is 1160. The molecule has 0 unspecified atom stereocenters. The number of benzene rings is 2. The Morgan fingerprint density at radius 1 is 1.00 bits per heavy atom. The normalized spacial score (nSPS) is 15.1. The Labute approximate surface area is 170 Å². The first kappa shape index (κ1) is 18.5. The number of aromatic carboxylic acids is 1. The summed E-state index contributed by atoms with van der Waals surface area (Å²) < 4.78 is 1.76. The first-order chi connectivity index (χ1) is 13.9. The maximum absolute atomic E-state index is 12.8. The van der Waals surface area contributed by atoms with Crippen molar-refractivity contribution in [1.82, 2.24) is 9.88 Å². The van der Waals surface area contributed by atoms with Gasteiger partial charge in [0.2, 0.25) is 0 Å². The molecule has 4 rings (SSSR count). The predicted molar refractivity (Wildman–Crippen MR) is 106 cm³/mol. The monoisotopic (exact) mass is 406 g/mol. The number of carboxylic acid groups (broad SMARTS) is 1. The van der Waals surface area contributed by atoms with E-state index in [-0.39, 0.29) is 11.3 Å². The van der Waals surface area contributed by atoms with E-state index in [0.29, 0.717) is 22.1 Å². The van der Waals surface area contributed by atoms with E-state index in [1.165, 1.54) is 18.2 Å². The minimum atomic E-state index is -1.26. The highest BCUT2D eigenvalue weighted by Crippen LogP contribution is 2.25. The summed E-state index contributed by atoms with van der Waals surface area (Å²) in [5, 5.41) is 13.9. The number of halogens is 1. The lowest BCUT2D eigenvalue weighted by molar-refractivity contribution is -0.255. The molecule has 0 radical (unpaired) electrons. The highest BCUT2D eigenvalue weighted by Gasteiger charge is 2.35. The SMILES string of the molecule is O=C([O-])c1ccc(-n2cccc2C=C2NC(=O)N(c3cccc(Cl)c3)C2=O)cc1. The molecule has 0 spiro atoms. The zero-order valence-electron chi connectivity index (χ0n) is 14.8. The lowest BCUT2D eigenvalue weighted by Crippen LogP contribution is -2.30. The van der Waals surface area contributed by atoms with Crippen LogP contribution in [0.25, 0.3) is 11.8 Å². The van der Waals surface area contributed by atoms with Gasteiger partial charge in [-0.1, -0.05) is 29.8 Å². The molecular formula is C21H13ClN3O4-. The molecule has 0 bridgehead atoms. The van der Waals surface area contributed by atoms with Crippen molar-refractivity contribution in [2.45, 2.75) is 0 Å². The van der Waals surface area contributed by atoms with E-state index in [0.717, 1.165) is 4.90 Å². The largest absolute Gasteiger partial charge is 0.545 e. The van der Waals surface area contributed by atoms with Crippen LogP contribution in [0.1, 0.15) is 16.1 Å². The molecule has 1 aromatic heterocycles. The van der Waals surface area contributed by atoms with Gasteiger partial charge in [-0.25, -0.2) is 9.69 Å². The highest BCUT2D eigenvalue weighted by atomic mass is 35.5. The molecule has 1 N–H and O–H groups in total. The molecule has 3 amide bonds. The van der Waals surface area contributed by atoms with E-state index in [1.54, 1.807) is 59.3 Å². The fraction of sp³-hybridized carbons (Fsp3) is 0. The number of hydrogen-bond acceptors (Lipinski definition) is 4. The van der Waals surface area contributed by atoms with E-state index in [2.05, 4.69) is 5.32 Å². The van der Waals surface area contributed by atoms with Crippen LogP contribution in [-0.4, -0.2) is 22.5 Å². The smallest absolute Gasteiger partial charge is 0.333 e. The number of aromatic nitrogens is 1. The standard InChI is InChI=1S/C21H14ClN3O4/c22-14-3-1-4-17(11-14)25-19(26)18(23-21(25)29)12-16-5-2-10-24(16)15-8-6-13(7-9-15)20(27)28/h1-12H,(H,23,29)(H,27,28)/p-1. The van der Waals surface area contributed by atoms with Crippen molar-refractivity contribution in [3.8, 4) is 5.69 Å². The van der Waals surface area contributed by atoms with Crippen molar-refractivity contribution in [3.05, 3.63) is 88.8 Å². The van der Waals surface area contributed by atoms with Gasteiger partial charge >= 0.3 is 6.03 Å². The van der Waals surface area contributed by atoms with E-state index < -0.39 is 17.9 Å². The van der Waals surface area contributed by atoms with Crippen molar-refractivity contribution in [1.29, 1.82) is 0 Å². The number of amides is 3. The molecule has 1 fully saturated rings. The molecule has 8 heteroatoms. The maximum atomic E-state index is 12.8. The van der Waals surface area contributed by atoms with Crippen LogP contribution < -0.4 is 15.3 Å². The Balaban J connectivity index is 1.66. The summed E-state index contributed by atoms with van der Waals surface area (Å²) in [5.74, 6) is -1.76. The van der Waals surface area contributed by atoms with Gasteiger partial charge in [0.05, 0.1) is 11.7 Å². The molecule has 0 atom stereocenters. The molecule has 1 aliphatic rings. The van der Waals surface area contributed by atoms with Crippen LogP contribution in [-0.2, 0) is 4.79 Å². The summed E-state index contributed by atoms with van der Waals surface area (Å²) in [5.41, 5.74) is 1.87. The van der Waals surface area contributed by atoms with Crippen molar-refractivity contribution < 1.29 is 19.5 Å². The molecule has 3 aromatic rings. The average Bonchev–Trinajstić information content (AvgIpc) is 3.26. The van der Waals surface area contributed by atoms with Crippen molar-refractivity contribution in [3.63, 3.8) is 0 Å². The van der Waals surface area contributed by atoms with Gasteiger partial charge in [0.1, 0.15) is 5.70 Å². The summed E-state index contributed by atoms with van der Waals surface area (Å²) in [6.45, 7) is 0. The quantitative estimate of drug-likeness (QED) is 0.532. The van der Waals surface area contributed by atoms with Crippen LogP contribution in [0.5, 0.6) is 0 Å². The topological polar surface area (TPSA) is 94.5 Å². The molecule has 1 saturated heterocycles. The number of hydrogen-bond donors (Lipinski definition) is 1. The molecule has 7 nitrogen and oxygen atoms in total. The summed E-state index contributed by atoms with van der Waals surface area (Å²) in [6.07, 6.45) is 3.31. The van der Waals surface area contributed by atoms with Gasteiger partial charge in [-0.2, -0.15) is 0 Å². The number of urea groups is 1. The van der Waals surface area contributed by atoms with Crippen LogP contribution >= 0.6 is 11.6 Å². The van der Waals surface area contributed by atoms with Gasteiger partial charge in [0, 0.05) is 22.6 Å². The number of nitrogens with one attached hydrogen (secondary N) is 1. The molecule has 2 heterocycles. The summed E-state index contributed by atoms with van der Waals surface area (Å²) in [4.78, 5) is 37.0. The number of carbonyl (C=O) groups excluding carboxylic acids is 3. The number of anilines is 1. The third kappa shape index (κ3) is 3.51. The molecule has 0 saturated carbocycles. The number of nitrogens with zero attached hydrogens (tertiary/aromatic N) is 2. The molecular weight excluding hydrogens is 394 g/mol. The molecule has 2 aromatic carbocycles. The van der Waals surface area contributed by atoms with Gasteiger partial charge in [0.25, 0.3) is 5.91 Å². The van der Waals surface area contributed by atoms with E-state index in [9.17, 15) is 19.5 Å². The third-order valence-electron chi connectivity index (χ3n) is 4.40. The Morgan fingerprint density at radius 2 is 1.76 bits per heavy atom. The first-order valence-electron chi connectivity index (χ1n) is 8.56. The number of rotatable bonds is 4. The minimum absolute atomic E-state index is 0.0659. The number of carboxylic acids is 1. The van der Waals surface area contributed by atoms with Crippen LogP contribution in [0.2, 0.25) is 5.02 Å². The van der Waals surface area contributed by atoms with Gasteiger partial charge in [0.15, 0.2) is 0 Å². The molecule has 0 aliphatic carbocycles. The lowest BCUT2D eigenvalue weighted by Gasteiger charge is -2.11. The fourth-order valence-electron chi connectivity index (χ4n) is 3.04. The zero-order valence-corrected chi connectivity index (χ0v) is 15.6. The predicted octanol–water partition coefficient (Wildman–Crippen LogP) is 2.59. The fourth-order valence-corrected chi connectivity index (χ4v) is 3.22. The summed E-state index contributed by atoms with van der Waals surface area (Å²) in [6, 6.07) is 15.5. The second-order valence-electron chi connectivity index (χ2n) is 6.25. The first-order valence-corrected chi connectivity index (χ1v) is 8.94. The zero-order chi connectivity index (χ0) is 20.5. The lowest BCUT2D eigenvalue weighted by atomic mass is 10.2. The molecule has 1 aliphatic heterocycles. The van der Waals surface area contributed by atoms with E-state index in [1.807, 2.05) is 0 Å². The summed E-state index contributed by atoms with van der Waals surface area (Å²) >= 11 is 5.96. The van der Waals surface area contributed by atoms with Gasteiger partial charge in [-0.3, -0.25) is 4.79 Å². The third-order valence-corrected chi connectivity index (χ3v) is 4.63. The van der Waals surface area contributed by atoms with Crippen LogP contribution in [0.3, 0.4) is 0 Å². The molecule has 29 heavy (non-hydrogen) atoms. The number of imide groups is 1. The average molecular weight is 407 g/mol. The van der Waals surface area contributed by atoms with Crippen LogP contribution in [0, 0.1) is 0 Å². The van der Waals surface area contributed by atoms with E-state index in [4.69, 9.17) is 11.6 Å². The van der Waals surface area contributed by atoms with Gasteiger partial charge in [-0.05, 0) is 54.1 Å². The van der Waals surface area contributed by atoms with Crippen molar-refractivity contribution in [2.75, 3.05) is 4.90 Å². The second kappa shape index (κ2) is 7.29. The molecule has 144 valence electrons. The summed E-state index contributed by atoms with van der Waals surface area (Å²) in [7, 11) is 0. The maximum Gasteiger partial charge on any atom is 0.333 e. The minimum Gasteiger partial charge on any atom is -0.545 e. The van der Waals surface area contributed by atoms with Crippen LogP contribution in [0.4, 0.5) is 10.5 Å². The highest BCUT2D eigenvalue weighted by molar-refractivity contribution is 6.32. The van der Waals surface area contributed by atoms with Crippen molar-refractivity contribution in [2.24, 2.45) is 0 Å². The Morgan fingerprint density at radius 3 is 2.45 bits per heavy atom. The second-order valence-corrected chi connectivity index (χ2v) is 6.68. The van der Waals surface area contributed by atoms with Gasteiger partial charge < -0.3 is 19.8 Å². The Kier molecular flexibility index (Phi) is 4.66. The van der Waals surface area contributed by atoms with E-state index >= 15 is 0 Å². The number of carbonyl (C=O) groups is 3. The Hall–Kier alpha value is -3.84. The van der Waals surface area contributed by atoms with Crippen LogP contribution in [0.15, 0.2) is 72.6 Å². The van der Waals surface area contributed by atoms with Gasteiger partial charge in [-0.15, -0.1) is 0 Å².